The third-order valence-corrected chi connectivity index (χ3v) is 4.23. The van der Waals surface area contributed by atoms with E-state index in [0.29, 0.717) is 13.2 Å². The maximum Gasteiger partial charge on any atom is 0.122 e. The molecule has 1 aliphatic heterocycles. The third kappa shape index (κ3) is 3.48. The van der Waals surface area contributed by atoms with E-state index in [1.807, 2.05) is 49.0 Å². The lowest BCUT2D eigenvalue weighted by atomic mass is 10.1. The van der Waals surface area contributed by atoms with Crippen LogP contribution in [0.5, 0.6) is 5.75 Å². The number of ether oxygens (including phenoxy) is 1. The van der Waals surface area contributed by atoms with Gasteiger partial charge in [0.05, 0.1) is 6.54 Å². The number of benzene rings is 1. The van der Waals surface area contributed by atoms with Gasteiger partial charge in [0.15, 0.2) is 0 Å². The van der Waals surface area contributed by atoms with Crippen LogP contribution in [-0.4, -0.2) is 44.9 Å². The molecule has 1 saturated heterocycles. The molecule has 0 unspecified atom stereocenters. The van der Waals surface area contributed by atoms with Crippen molar-refractivity contribution < 1.29 is 9.84 Å². The smallest absolute Gasteiger partial charge is 0.122 e. The second-order valence-electron chi connectivity index (χ2n) is 6.24. The van der Waals surface area contributed by atoms with E-state index < -0.39 is 5.60 Å². The van der Waals surface area contributed by atoms with E-state index in [2.05, 4.69) is 9.88 Å². The molecule has 1 atom stereocenters. The van der Waals surface area contributed by atoms with Crippen LogP contribution in [0.3, 0.4) is 0 Å². The number of likely N-dealkylation sites (tertiary alicyclic amines) is 1. The minimum Gasteiger partial charge on any atom is -0.491 e. The van der Waals surface area contributed by atoms with Crippen LogP contribution in [0.2, 0.25) is 0 Å². The predicted molar refractivity (Wildman–Crippen MR) is 84.7 cm³/mol. The van der Waals surface area contributed by atoms with Crippen molar-refractivity contribution in [1.29, 1.82) is 0 Å². The van der Waals surface area contributed by atoms with Crippen molar-refractivity contribution in [2.45, 2.75) is 25.5 Å². The number of rotatable bonds is 5. The summed E-state index contributed by atoms with van der Waals surface area (Å²) in [4.78, 5) is 6.56. The maximum absolute atomic E-state index is 10.7. The molecule has 2 heterocycles. The monoisotopic (exact) mass is 301 g/mol. The summed E-state index contributed by atoms with van der Waals surface area (Å²) in [6.45, 7) is 4.61. The van der Waals surface area contributed by atoms with E-state index in [9.17, 15) is 5.11 Å². The van der Waals surface area contributed by atoms with E-state index >= 15 is 0 Å². The average Bonchev–Trinajstić information content (AvgIpc) is 3.06. The predicted octanol–water partition coefficient (Wildman–Crippen LogP) is 1.74. The summed E-state index contributed by atoms with van der Waals surface area (Å²) in [5, 5.41) is 10.7. The van der Waals surface area contributed by atoms with Gasteiger partial charge in [0.1, 0.15) is 23.8 Å². The molecule has 1 aliphatic rings. The molecule has 0 radical (unpaired) electrons. The topological polar surface area (TPSA) is 50.5 Å². The first kappa shape index (κ1) is 15.1. The summed E-state index contributed by atoms with van der Waals surface area (Å²) >= 11 is 0. The average molecular weight is 301 g/mol. The summed E-state index contributed by atoms with van der Waals surface area (Å²) < 4.78 is 7.77. The number of hydrogen-bond acceptors (Lipinski definition) is 4. The Bertz CT molecular complexity index is 623. The maximum atomic E-state index is 10.7. The molecule has 1 N–H and O–H groups in total. The lowest BCUT2D eigenvalue weighted by Crippen LogP contribution is -2.39. The zero-order valence-electron chi connectivity index (χ0n) is 13.2. The van der Waals surface area contributed by atoms with Gasteiger partial charge in [0, 0.05) is 32.5 Å². The Kier molecular flexibility index (Phi) is 4.18. The van der Waals surface area contributed by atoms with Crippen LogP contribution in [-0.2, 0) is 13.6 Å². The molecule has 5 heteroatoms. The molecule has 5 nitrogen and oxygen atoms in total. The highest BCUT2D eigenvalue weighted by Crippen LogP contribution is 2.24. The zero-order valence-corrected chi connectivity index (χ0v) is 13.2. The van der Waals surface area contributed by atoms with Crippen molar-refractivity contribution in [3.63, 3.8) is 0 Å². The Morgan fingerprint density at radius 3 is 2.77 bits per heavy atom. The van der Waals surface area contributed by atoms with Crippen LogP contribution >= 0.6 is 0 Å². The highest BCUT2D eigenvalue weighted by atomic mass is 16.5. The number of nitrogens with zero attached hydrogens (tertiary/aromatic N) is 3. The van der Waals surface area contributed by atoms with Crippen LogP contribution in [0.1, 0.15) is 17.8 Å². The summed E-state index contributed by atoms with van der Waals surface area (Å²) in [6.07, 6.45) is 4.47. The fourth-order valence-corrected chi connectivity index (χ4v) is 2.79. The van der Waals surface area contributed by atoms with Gasteiger partial charge in [-0.2, -0.15) is 0 Å². The van der Waals surface area contributed by atoms with Crippen molar-refractivity contribution in [3.8, 4) is 5.75 Å². The third-order valence-electron chi connectivity index (χ3n) is 4.23. The Morgan fingerprint density at radius 2 is 2.09 bits per heavy atom. The van der Waals surface area contributed by atoms with E-state index in [1.54, 1.807) is 6.20 Å². The van der Waals surface area contributed by atoms with Gasteiger partial charge < -0.3 is 14.4 Å². The first-order chi connectivity index (χ1) is 10.5. The standard InChI is InChI=1S/C17H23N3O2/c1-14-3-5-15(6-4-14)22-13-17(21)7-9-20(12-17)11-16-18-8-10-19(16)2/h3-6,8,10,21H,7,9,11-13H2,1-2H3/t17-/m0/s1. The largest absolute Gasteiger partial charge is 0.491 e. The van der Waals surface area contributed by atoms with E-state index in [0.717, 1.165) is 31.1 Å². The Morgan fingerprint density at radius 1 is 1.32 bits per heavy atom. The van der Waals surface area contributed by atoms with Crippen molar-refractivity contribution in [3.05, 3.63) is 48.0 Å². The quantitative estimate of drug-likeness (QED) is 0.914. The number of aryl methyl sites for hydroxylation is 2. The van der Waals surface area contributed by atoms with Crippen molar-refractivity contribution >= 4 is 0 Å². The molecular weight excluding hydrogens is 278 g/mol. The van der Waals surface area contributed by atoms with Gasteiger partial charge in [0.25, 0.3) is 0 Å². The van der Waals surface area contributed by atoms with Crippen LogP contribution in [0.4, 0.5) is 0 Å². The molecule has 3 rings (SSSR count). The van der Waals surface area contributed by atoms with Gasteiger partial charge in [-0.1, -0.05) is 17.7 Å². The summed E-state index contributed by atoms with van der Waals surface area (Å²) in [5.41, 5.74) is 0.420. The molecule has 1 aromatic heterocycles. The number of β-amino-alcohol motifs (C(OH)–C–C–N with tert-alkyl or cyclic N) is 1. The molecular formula is C17H23N3O2. The molecule has 0 aliphatic carbocycles. The minimum atomic E-state index is -0.782. The number of aromatic nitrogens is 2. The van der Waals surface area contributed by atoms with Crippen LogP contribution in [0.25, 0.3) is 0 Å². The minimum absolute atomic E-state index is 0.327. The van der Waals surface area contributed by atoms with Crippen LogP contribution in [0, 0.1) is 6.92 Å². The number of imidazole rings is 1. The van der Waals surface area contributed by atoms with E-state index in [-0.39, 0.29) is 0 Å². The molecule has 0 amide bonds. The van der Waals surface area contributed by atoms with Crippen LogP contribution < -0.4 is 4.74 Å². The Labute approximate surface area is 131 Å². The molecule has 118 valence electrons. The van der Waals surface area contributed by atoms with Crippen molar-refractivity contribution in [2.24, 2.45) is 7.05 Å². The van der Waals surface area contributed by atoms with Gasteiger partial charge in [0.2, 0.25) is 0 Å². The second kappa shape index (κ2) is 6.10. The molecule has 2 aromatic rings. The van der Waals surface area contributed by atoms with Crippen LogP contribution in [0.15, 0.2) is 36.7 Å². The Balaban J connectivity index is 1.54. The van der Waals surface area contributed by atoms with E-state index in [4.69, 9.17) is 4.74 Å². The molecule has 1 fully saturated rings. The summed E-state index contributed by atoms with van der Waals surface area (Å²) in [7, 11) is 1.99. The van der Waals surface area contributed by atoms with Gasteiger partial charge in [-0.15, -0.1) is 0 Å². The van der Waals surface area contributed by atoms with Crippen molar-refractivity contribution in [2.75, 3.05) is 19.7 Å². The van der Waals surface area contributed by atoms with Crippen molar-refractivity contribution in [1.82, 2.24) is 14.5 Å². The van der Waals surface area contributed by atoms with Gasteiger partial charge in [-0.25, -0.2) is 4.98 Å². The normalized spacial score (nSPS) is 22.1. The summed E-state index contributed by atoms with van der Waals surface area (Å²) in [6, 6.07) is 7.92. The van der Waals surface area contributed by atoms with Gasteiger partial charge >= 0.3 is 0 Å². The first-order valence-corrected chi connectivity index (χ1v) is 7.64. The van der Waals surface area contributed by atoms with E-state index in [1.165, 1.54) is 5.56 Å². The first-order valence-electron chi connectivity index (χ1n) is 7.64. The van der Waals surface area contributed by atoms with Gasteiger partial charge in [-0.05, 0) is 25.5 Å². The fraction of sp³-hybridized carbons (Fsp3) is 0.471. The molecule has 22 heavy (non-hydrogen) atoms. The highest BCUT2D eigenvalue weighted by molar-refractivity contribution is 5.26. The lowest BCUT2D eigenvalue weighted by molar-refractivity contribution is 0.00316. The second-order valence-corrected chi connectivity index (χ2v) is 6.24. The molecule has 1 aromatic carbocycles. The number of aliphatic hydroxyl groups is 1. The van der Waals surface area contributed by atoms with Gasteiger partial charge in [-0.3, -0.25) is 4.90 Å². The zero-order chi connectivity index (χ0) is 15.6. The molecule has 0 saturated carbocycles. The molecule has 0 bridgehead atoms. The molecule has 0 spiro atoms. The number of hydrogen-bond donors (Lipinski definition) is 1. The summed E-state index contributed by atoms with van der Waals surface area (Å²) in [5.74, 6) is 1.82. The highest BCUT2D eigenvalue weighted by Gasteiger charge is 2.37. The Hall–Kier alpha value is -1.85. The lowest BCUT2D eigenvalue weighted by Gasteiger charge is -2.23. The fourth-order valence-electron chi connectivity index (χ4n) is 2.79. The SMILES string of the molecule is Cc1ccc(OC[C@]2(O)CCN(Cc3nccn3C)C2)cc1.